The second-order valence-corrected chi connectivity index (χ2v) is 9.99. The predicted molar refractivity (Wildman–Crippen MR) is 149 cm³/mol. The molecule has 2 aromatic rings. The van der Waals surface area contributed by atoms with Gasteiger partial charge >= 0.3 is 5.97 Å². The molecule has 0 bridgehead atoms. The molecule has 0 aliphatic carbocycles. The van der Waals surface area contributed by atoms with Gasteiger partial charge in [0.15, 0.2) is 5.78 Å². The van der Waals surface area contributed by atoms with Gasteiger partial charge in [-0.15, -0.1) is 0 Å². The third kappa shape index (κ3) is 11.2. The van der Waals surface area contributed by atoms with Crippen LogP contribution in [0.2, 0.25) is 5.02 Å². The van der Waals surface area contributed by atoms with Crippen LogP contribution in [0, 0.1) is 0 Å². The number of ether oxygens (including phenoxy) is 2. The van der Waals surface area contributed by atoms with Crippen molar-refractivity contribution < 1.29 is 19.1 Å². The van der Waals surface area contributed by atoms with E-state index in [1.54, 1.807) is 6.92 Å². The minimum absolute atomic E-state index is 0.208. The summed E-state index contributed by atoms with van der Waals surface area (Å²) in [6.45, 7) is 6.22. The summed E-state index contributed by atoms with van der Waals surface area (Å²) in [5.74, 6) is 0.539. The highest BCUT2D eigenvalue weighted by atomic mass is 35.5. The minimum atomic E-state index is -0.347. The van der Waals surface area contributed by atoms with Crippen LogP contribution in [0.4, 0.5) is 0 Å². The topological polar surface area (TPSA) is 52.6 Å². The van der Waals surface area contributed by atoms with Gasteiger partial charge in [-0.1, -0.05) is 107 Å². The van der Waals surface area contributed by atoms with Gasteiger partial charge < -0.3 is 9.47 Å². The molecule has 1 unspecified atom stereocenters. The van der Waals surface area contributed by atoms with Gasteiger partial charge in [-0.05, 0) is 43.0 Å². The van der Waals surface area contributed by atoms with E-state index in [0.717, 1.165) is 36.0 Å². The summed E-state index contributed by atoms with van der Waals surface area (Å²) in [5, 5.41) is 0.491. The molecule has 0 aliphatic heterocycles. The zero-order valence-corrected chi connectivity index (χ0v) is 23.1. The molecule has 0 aliphatic rings. The lowest BCUT2D eigenvalue weighted by molar-refractivity contribution is -0.149. The fourth-order valence-corrected chi connectivity index (χ4v) is 4.35. The van der Waals surface area contributed by atoms with Crippen molar-refractivity contribution in [3.05, 3.63) is 53.1 Å². The molecular formula is C31H43ClO4. The Hall–Kier alpha value is -2.33. The summed E-state index contributed by atoms with van der Waals surface area (Å²) in [5.41, 5.74) is 2.70. The molecule has 0 spiro atoms. The quantitative estimate of drug-likeness (QED) is 0.113. The van der Waals surface area contributed by atoms with E-state index in [1.165, 1.54) is 44.9 Å². The number of unbranched alkanes of at least 4 members (excludes halogenated alkanes) is 8. The number of Topliss-reactive ketones (excluding diaryl/α,β-unsaturated/α-hetero) is 1. The Kier molecular flexibility index (Phi) is 14.3. The lowest BCUT2D eigenvalue weighted by atomic mass is 9.99. The molecule has 0 saturated carbocycles. The van der Waals surface area contributed by atoms with Crippen LogP contribution in [0.25, 0.3) is 11.1 Å². The van der Waals surface area contributed by atoms with Crippen LogP contribution in [-0.4, -0.2) is 24.5 Å². The summed E-state index contributed by atoms with van der Waals surface area (Å²) in [4.78, 5) is 24.2. The van der Waals surface area contributed by atoms with Gasteiger partial charge in [-0.25, -0.2) is 0 Å². The Bertz CT molecular complexity index is 923. The molecular weight excluding hydrogens is 472 g/mol. The average Bonchev–Trinajstić information content (AvgIpc) is 2.87. The van der Waals surface area contributed by atoms with E-state index in [-0.39, 0.29) is 24.5 Å². The number of ketones is 1. The standard InChI is InChI=1S/C31H43ClO4/c1-4-6-7-8-9-10-11-12-13-15-29(33)26-18-16-25(17-19-26)27-20-21-30(28(32)22-27)35-23-24(3)36-31(34)14-5-2/h16-22,24H,4-15,23H2,1-3H3. The van der Waals surface area contributed by atoms with Crippen LogP contribution < -0.4 is 4.74 Å². The smallest absolute Gasteiger partial charge is 0.306 e. The molecule has 0 saturated heterocycles. The van der Waals surface area contributed by atoms with Gasteiger partial charge in [0.2, 0.25) is 0 Å². The van der Waals surface area contributed by atoms with E-state index in [9.17, 15) is 9.59 Å². The average molecular weight is 515 g/mol. The van der Waals surface area contributed by atoms with E-state index in [1.807, 2.05) is 49.4 Å². The first kappa shape index (κ1) is 29.9. The maximum absolute atomic E-state index is 12.6. The molecule has 198 valence electrons. The number of carbonyl (C=O) groups excluding carboxylic acids is 2. The second-order valence-electron chi connectivity index (χ2n) is 9.59. The van der Waals surface area contributed by atoms with Crippen molar-refractivity contribution in [2.75, 3.05) is 6.61 Å². The first-order valence-electron chi connectivity index (χ1n) is 13.7. The lowest BCUT2D eigenvalue weighted by Crippen LogP contribution is -2.21. The fraction of sp³-hybridized carbons (Fsp3) is 0.548. The highest BCUT2D eigenvalue weighted by Gasteiger charge is 2.12. The Balaban J connectivity index is 1.77. The zero-order valence-electron chi connectivity index (χ0n) is 22.3. The Morgan fingerprint density at radius 3 is 2.00 bits per heavy atom. The zero-order chi connectivity index (χ0) is 26.2. The van der Waals surface area contributed by atoms with Gasteiger partial charge in [-0.2, -0.15) is 0 Å². The Morgan fingerprint density at radius 1 is 0.778 bits per heavy atom. The van der Waals surface area contributed by atoms with Crippen LogP contribution in [0.5, 0.6) is 5.75 Å². The molecule has 1 atom stereocenters. The van der Waals surface area contributed by atoms with E-state index in [2.05, 4.69) is 6.92 Å². The molecule has 2 rings (SSSR count). The van der Waals surface area contributed by atoms with E-state index in [0.29, 0.717) is 23.6 Å². The van der Waals surface area contributed by atoms with E-state index < -0.39 is 0 Å². The molecule has 36 heavy (non-hydrogen) atoms. The van der Waals surface area contributed by atoms with Crippen molar-refractivity contribution in [2.24, 2.45) is 0 Å². The first-order valence-corrected chi connectivity index (χ1v) is 14.1. The van der Waals surface area contributed by atoms with Crippen LogP contribution in [-0.2, 0) is 9.53 Å². The highest BCUT2D eigenvalue weighted by Crippen LogP contribution is 2.31. The normalized spacial score (nSPS) is 11.8. The van der Waals surface area contributed by atoms with Gasteiger partial charge in [0.25, 0.3) is 0 Å². The monoisotopic (exact) mass is 514 g/mol. The maximum atomic E-state index is 12.6. The Morgan fingerprint density at radius 2 is 1.39 bits per heavy atom. The van der Waals surface area contributed by atoms with Crippen LogP contribution in [0.1, 0.15) is 108 Å². The Labute approximate surface area is 222 Å². The number of esters is 1. The lowest BCUT2D eigenvalue weighted by Gasteiger charge is -2.15. The van der Waals surface area contributed by atoms with Crippen LogP contribution in [0.3, 0.4) is 0 Å². The number of hydrogen-bond donors (Lipinski definition) is 0. The number of hydrogen-bond acceptors (Lipinski definition) is 4. The van der Waals surface area contributed by atoms with Crippen molar-refractivity contribution in [3.63, 3.8) is 0 Å². The summed E-state index contributed by atoms with van der Waals surface area (Å²) < 4.78 is 11.0. The highest BCUT2D eigenvalue weighted by molar-refractivity contribution is 6.32. The largest absolute Gasteiger partial charge is 0.488 e. The second kappa shape index (κ2) is 17.2. The molecule has 2 aromatic carbocycles. The van der Waals surface area contributed by atoms with Crippen LogP contribution >= 0.6 is 11.6 Å². The fourth-order valence-electron chi connectivity index (χ4n) is 4.12. The van der Waals surface area contributed by atoms with Crippen molar-refractivity contribution in [1.82, 2.24) is 0 Å². The molecule has 0 fully saturated rings. The van der Waals surface area contributed by atoms with Gasteiger partial charge in [-0.3, -0.25) is 9.59 Å². The predicted octanol–water partition coefficient (Wildman–Crippen LogP) is 9.22. The molecule has 5 heteroatoms. The van der Waals surface area contributed by atoms with Crippen LogP contribution in [0.15, 0.2) is 42.5 Å². The third-order valence-electron chi connectivity index (χ3n) is 6.24. The number of benzene rings is 2. The molecule has 0 aromatic heterocycles. The number of halogens is 1. The summed E-state index contributed by atoms with van der Waals surface area (Å²) in [6, 6.07) is 13.3. The summed E-state index contributed by atoms with van der Waals surface area (Å²) >= 11 is 6.44. The molecule has 0 radical (unpaired) electrons. The van der Waals surface area contributed by atoms with E-state index >= 15 is 0 Å². The van der Waals surface area contributed by atoms with Crippen molar-refractivity contribution in [3.8, 4) is 16.9 Å². The molecule has 0 amide bonds. The summed E-state index contributed by atoms with van der Waals surface area (Å²) in [6.07, 6.45) is 12.7. The van der Waals surface area contributed by atoms with Gasteiger partial charge in [0.05, 0.1) is 5.02 Å². The number of rotatable bonds is 18. The van der Waals surface area contributed by atoms with E-state index in [4.69, 9.17) is 21.1 Å². The summed E-state index contributed by atoms with van der Waals surface area (Å²) in [7, 11) is 0. The maximum Gasteiger partial charge on any atom is 0.306 e. The number of carbonyl (C=O) groups is 2. The van der Waals surface area contributed by atoms with Gasteiger partial charge in [0.1, 0.15) is 18.5 Å². The van der Waals surface area contributed by atoms with Gasteiger partial charge in [0, 0.05) is 18.4 Å². The van der Waals surface area contributed by atoms with Crippen molar-refractivity contribution in [2.45, 2.75) is 104 Å². The SMILES string of the molecule is CCCCCCCCCCCC(=O)c1ccc(-c2ccc(OCC(C)OC(=O)CCC)c(Cl)c2)cc1. The van der Waals surface area contributed by atoms with Crippen molar-refractivity contribution in [1.29, 1.82) is 0 Å². The first-order chi connectivity index (χ1) is 17.4. The minimum Gasteiger partial charge on any atom is -0.488 e. The molecule has 0 N–H and O–H groups in total. The molecule has 0 heterocycles. The third-order valence-corrected chi connectivity index (χ3v) is 6.54. The molecule has 4 nitrogen and oxygen atoms in total. The van der Waals surface area contributed by atoms with Crippen molar-refractivity contribution >= 4 is 23.4 Å².